The Hall–Kier alpha value is -2.53. The van der Waals surface area contributed by atoms with Gasteiger partial charge in [0.15, 0.2) is 5.78 Å². The normalized spacial score (nSPS) is 10.2. The summed E-state index contributed by atoms with van der Waals surface area (Å²) in [4.78, 5) is 24.2. The van der Waals surface area contributed by atoms with Crippen LogP contribution in [0.4, 0.5) is 5.69 Å². The highest BCUT2D eigenvalue weighted by molar-refractivity contribution is 6.31. The average Bonchev–Trinajstić information content (AvgIpc) is 2.62. The number of rotatable bonds is 8. The van der Waals surface area contributed by atoms with Gasteiger partial charge in [-0.2, -0.15) is 0 Å². The van der Waals surface area contributed by atoms with Crippen LogP contribution in [0.15, 0.2) is 42.5 Å². The van der Waals surface area contributed by atoms with Crippen LogP contribution in [0.3, 0.4) is 0 Å². The lowest BCUT2D eigenvalue weighted by Crippen LogP contribution is -2.12. The maximum atomic E-state index is 12.1. The lowest BCUT2D eigenvalue weighted by atomic mass is 10.1. The second-order valence-corrected chi connectivity index (χ2v) is 5.83. The van der Waals surface area contributed by atoms with Crippen molar-refractivity contribution in [2.75, 3.05) is 19.5 Å². The minimum absolute atomic E-state index is 0.00390. The zero-order chi connectivity index (χ0) is 18.2. The molecule has 6 heteroatoms. The molecule has 0 bridgehead atoms. The SMILES string of the molecule is COc1ccc(C(=O)CCCC(=O)Nc2cc(Cl)ccc2OC)cc1. The Morgan fingerprint density at radius 2 is 1.72 bits per heavy atom. The summed E-state index contributed by atoms with van der Waals surface area (Å²) in [6.45, 7) is 0. The Kier molecular flexibility index (Phi) is 6.83. The summed E-state index contributed by atoms with van der Waals surface area (Å²) in [5.74, 6) is 1.04. The molecule has 2 aromatic carbocycles. The van der Waals surface area contributed by atoms with Crippen LogP contribution in [-0.2, 0) is 4.79 Å². The fourth-order valence-corrected chi connectivity index (χ4v) is 2.49. The molecule has 25 heavy (non-hydrogen) atoms. The molecular formula is C19H20ClNO4. The van der Waals surface area contributed by atoms with Gasteiger partial charge in [0.05, 0.1) is 19.9 Å². The van der Waals surface area contributed by atoms with E-state index in [4.69, 9.17) is 21.1 Å². The third kappa shape index (κ3) is 5.50. The Morgan fingerprint density at radius 3 is 2.36 bits per heavy atom. The van der Waals surface area contributed by atoms with Gasteiger partial charge in [0.2, 0.25) is 5.91 Å². The smallest absolute Gasteiger partial charge is 0.224 e. The molecule has 0 radical (unpaired) electrons. The van der Waals surface area contributed by atoms with E-state index < -0.39 is 0 Å². The Bertz CT molecular complexity index is 744. The van der Waals surface area contributed by atoms with E-state index in [0.29, 0.717) is 40.6 Å². The number of ether oxygens (including phenoxy) is 2. The number of hydrogen-bond acceptors (Lipinski definition) is 4. The van der Waals surface area contributed by atoms with Crippen molar-refractivity contribution in [1.29, 1.82) is 0 Å². The van der Waals surface area contributed by atoms with E-state index in [9.17, 15) is 9.59 Å². The van der Waals surface area contributed by atoms with Crippen LogP contribution < -0.4 is 14.8 Å². The van der Waals surface area contributed by atoms with Gasteiger partial charge >= 0.3 is 0 Å². The lowest BCUT2D eigenvalue weighted by Gasteiger charge is -2.10. The number of benzene rings is 2. The standard InChI is InChI=1S/C19H20ClNO4/c1-24-15-9-6-13(7-10-15)17(22)4-3-5-19(23)21-16-12-14(20)8-11-18(16)25-2/h6-12H,3-5H2,1-2H3,(H,21,23). The van der Waals surface area contributed by atoms with Crippen molar-refractivity contribution in [3.63, 3.8) is 0 Å². The molecule has 0 saturated carbocycles. The van der Waals surface area contributed by atoms with Crippen LogP contribution in [0.2, 0.25) is 5.02 Å². The maximum absolute atomic E-state index is 12.1. The first-order valence-electron chi connectivity index (χ1n) is 7.84. The molecule has 5 nitrogen and oxygen atoms in total. The number of nitrogens with one attached hydrogen (secondary N) is 1. The summed E-state index contributed by atoms with van der Waals surface area (Å²) >= 11 is 5.93. The van der Waals surface area contributed by atoms with E-state index in [-0.39, 0.29) is 18.1 Å². The number of carbonyl (C=O) groups is 2. The predicted molar refractivity (Wildman–Crippen MR) is 97.8 cm³/mol. The third-order valence-electron chi connectivity index (χ3n) is 3.66. The van der Waals surface area contributed by atoms with Gasteiger partial charge in [-0.15, -0.1) is 0 Å². The van der Waals surface area contributed by atoms with Gasteiger partial charge in [0, 0.05) is 23.4 Å². The van der Waals surface area contributed by atoms with Gasteiger partial charge in [0.1, 0.15) is 11.5 Å². The monoisotopic (exact) mass is 361 g/mol. The molecule has 0 aliphatic heterocycles. The number of Topliss-reactive ketones (excluding diaryl/α,β-unsaturated/α-hetero) is 1. The van der Waals surface area contributed by atoms with Crippen molar-refractivity contribution in [2.24, 2.45) is 0 Å². The van der Waals surface area contributed by atoms with Crippen LogP contribution in [0.1, 0.15) is 29.6 Å². The molecule has 0 unspecified atom stereocenters. The molecule has 0 aliphatic rings. The molecular weight excluding hydrogens is 342 g/mol. The zero-order valence-electron chi connectivity index (χ0n) is 14.2. The van der Waals surface area contributed by atoms with Crippen molar-refractivity contribution in [3.8, 4) is 11.5 Å². The first-order valence-corrected chi connectivity index (χ1v) is 8.22. The molecule has 2 rings (SSSR count). The van der Waals surface area contributed by atoms with Crippen LogP contribution in [0.5, 0.6) is 11.5 Å². The van der Waals surface area contributed by atoms with Crippen LogP contribution in [0.25, 0.3) is 0 Å². The fraction of sp³-hybridized carbons (Fsp3) is 0.263. The lowest BCUT2D eigenvalue weighted by molar-refractivity contribution is -0.116. The second kappa shape index (κ2) is 9.08. The minimum atomic E-state index is -0.192. The van der Waals surface area contributed by atoms with Crippen molar-refractivity contribution in [1.82, 2.24) is 0 Å². The van der Waals surface area contributed by atoms with Crippen LogP contribution in [-0.4, -0.2) is 25.9 Å². The highest BCUT2D eigenvalue weighted by Gasteiger charge is 2.11. The van der Waals surface area contributed by atoms with E-state index in [2.05, 4.69) is 5.32 Å². The third-order valence-corrected chi connectivity index (χ3v) is 3.89. The van der Waals surface area contributed by atoms with Crippen molar-refractivity contribution in [3.05, 3.63) is 53.1 Å². The highest BCUT2D eigenvalue weighted by atomic mass is 35.5. The summed E-state index contributed by atoms with van der Waals surface area (Å²) in [5, 5.41) is 3.26. The molecule has 1 amide bonds. The van der Waals surface area contributed by atoms with Gasteiger partial charge in [-0.3, -0.25) is 9.59 Å². The molecule has 1 N–H and O–H groups in total. The second-order valence-electron chi connectivity index (χ2n) is 5.40. The van der Waals surface area contributed by atoms with E-state index in [1.165, 1.54) is 7.11 Å². The van der Waals surface area contributed by atoms with Crippen molar-refractivity contribution < 1.29 is 19.1 Å². The topological polar surface area (TPSA) is 64.6 Å². The number of amides is 1. The summed E-state index contributed by atoms with van der Waals surface area (Å²) in [6, 6.07) is 11.9. The molecule has 0 saturated heterocycles. The molecule has 0 atom stereocenters. The number of hydrogen-bond donors (Lipinski definition) is 1. The largest absolute Gasteiger partial charge is 0.497 e. The molecule has 132 valence electrons. The Morgan fingerprint density at radius 1 is 1.00 bits per heavy atom. The van der Waals surface area contributed by atoms with E-state index in [1.54, 1.807) is 49.6 Å². The summed E-state index contributed by atoms with van der Waals surface area (Å²) < 4.78 is 10.2. The van der Waals surface area contributed by atoms with Crippen LogP contribution >= 0.6 is 11.6 Å². The first kappa shape index (κ1) is 18.8. The van der Waals surface area contributed by atoms with Crippen molar-refractivity contribution >= 4 is 29.0 Å². The van der Waals surface area contributed by atoms with E-state index in [1.807, 2.05) is 0 Å². The zero-order valence-corrected chi connectivity index (χ0v) is 14.9. The van der Waals surface area contributed by atoms with Gasteiger partial charge in [-0.25, -0.2) is 0 Å². The van der Waals surface area contributed by atoms with E-state index >= 15 is 0 Å². The number of anilines is 1. The number of methoxy groups -OCH3 is 2. The Labute approximate surface area is 151 Å². The molecule has 0 aliphatic carbocycles. The molecule has 2 aromatic rings. The summed E-state index contributed by atoms with van der Waals surface area (Å²) in [7, 11) is 3.09. The van der Waals surface area contributed by atoms with Crippen LogP contribution in [0, 0.1) is 0 Å². The fourth-order valence-electron chi connectivity index (χ4n) is 2.32. The first-order chi connectivity index (χ1) is 12.0. The van der Waals surface area contributed by atoms with Gasteiger partial charge in [-0.1, -0.05) is 11.6 Å². The minimum Gasteiger partial charge on any atom is -0.497 e. The average molecular weight is 362 g/mol. The van der Waals surface area contributed by atoms with Gasteiger partial charge in [-0.05, 0) is 48.9 Å². The molecule has 0 spiro atoms. The number of halogens is 1. The Balaban J connectivity index is 1.84. The number of carbonyl (C=O) groups excluding carboxylic acids is 2. The van der Waals surface area contributed by atoms with Crippen molar-refractivity contribution in [2.45, 2.75) is 19.3 Å². The quantitative estimate of drug-likeness (QED) is 0.710. The van der Waals surface area contributed by atoms with Gasteiger partial charge in [0.25, 0.3) is 0 Å². The van der Waals surface area contributed by atoms with Gasteiger partial charge < -0.3 is 14.8 Å². The predicted octanol–water partition coefficient (Wildman–Crippen LogP) is 4.35. The maximum Gasteiger partial charge on any atom is 0.224 e. The number of ketones is 1. The molecule has 0 heterocycles. The molecule has 0 aromatic heterocycles. The summed E-state index contributed by atoms with van der Waals surface area (Å²) in [6.07, 6.45) is 0.990. The summed E-state index contributed by atoms with van der Waals surface area (Å²) in [5.41, 5.74) is 1.12. The molecule has 0 fully saturated rings. The highest BCUT2D eigenvalue weighted by Crippen LogP contribution is 2.27. The van der Waals surface area contributed by atoms with E-state index in [0.717, 1.165) is 0 Å².